The highest BCUT2D eigenvalue weighted by Gasteiger charge is 2.12. The normalized spacial score (nSPS) is 10.2. The van der Waals surface area contributed by atoms with E-state index in [1.165, 1.54) is 16.8 Å². The summed E-state index contributed by atoms with van der Waals surface area (Å²) in [6, 6.07) is 17.4. The van der Waals surface area contributed by atoms with Gasteiger partial charge in [0.2, 0.25) is 0 Å². The summed E-state index contributed by atoms with van der Waals surface area (Å²) in [5, 5.41) is 6.82. The smallest absolute Gasteiger partial charge is 0.121 e. The van der Waals surface area contributed by atoms with E-state index in [0.717, 1.165) is 86.0 Å². The molecule has 0 saturated carbocycles. The SMILES string of the molecule is C#C.C#C.CCCNCc1ncc(-c2ccc(-c3ccc(-c4nc(CNCCC)[nH]c4CCC)cc3)cc2)[nH]1. The summed E-state index contributed by atoms with van der Waals surface area (Å²) in [5.41, 5.74) is 8.05. The Morgan fingerprint density at radius 2 is 1.15 bits per heavy atom. The molecule has 6 heteroatoms. The maximum Gasteiger partial charge on any atom is 0.121 e. The van der Waals surface area contributed by atoms with Gasteiger partial charge in [0.05, 0.1) is 30.7 Å². The summed E-state index contributed by atoms with van der Waals surface area (Å²) in [7, 11) is 0. The molecule has 0 bridgehead atoms. The molecule has 0 radical (unpaired) electrons. The van der Waals surface area contributed by atoms with Crippen LogP contribution < -0.4 is 10.6 Å². The lowest BCUT2D eigenvalue weighted by Gasteiger charge is -2.06. The fourth-order valence-corrected chi connectivity index (χ4v) is 4.25. The molecule has 2 aromatic carbocycles. The van der Waals surface area contributed by atoms with Crippen LogP contribution in [-0.4, -0.2) is 33.0 Å². The van der Waals surface area contributed by atoms with Crippen LogP contribution in [0.25, 0.3) is 33.6 Å². The van der Waals surface area contributed by atoms with Crippen molar-refractivity contribution in [3.05, 3.63) is 72.1 Å². The van der Waals surface area contributed by atoms with Crippen molar-refractivity contribution in [2.24, 2.45) is 0 Å². The summed E-state index contributed by atoms with van der Waals surface area (Å²) in [5.74, 6) is 1.98. The van der Waals surface area contributed by atoms with Gasteiger partial charge in [0.1, 0.15) is 11.6 Å². The Labute approximate surface area is 234 Å². The second-order valence-corrected chi connectivity index (χ2v) is 9.01. The quantitative estimate of drug-likeness (QED) is 0.118. The molecule has 0 aliphatic heterocycles. The van der Waals surface area contributed by atoms with Crippen LogP contribution in [0.4, 0.5) is 0 Å². The first-order chi connectivity index (χ1) is 19.2. The molecule has 0 fully saturated rings. The lowest BCUT2D eigenvalue weighted by Crippen LogP contribution is -2.14. The van der Waals surface area contributed by atoms with Crippen molar-refractivity contribution in [3.63, 3.8) is 0 Å². The highest BCUT2D eigenvalue weighted by atomic mass is 15.0. The van der Waals surface area contributed by atoms with E-state index < -0.39 is 0 Å². The van der Waals surface area contributed by atoms with Gasteiger partial charge >= 0.3 is 0 Å². The Morgan fingerprint density at radius 3 is 1.69 bits per heavy atom. The van der Waals surface area contributed by atoms with E-state index in [2.05, 4.69) is 121 Å². The van der Waals surface area contributed by atoms with Crippen molar-refractivity contribution >= 4 is 0 Å². The van der Waals surface area contributed by atoms with E-state index in [9.17, 15) is 0 Å². The number of aromatic amines is 2. The molecule has 2 aromatic heterocycles. The van der Waals surface area contributed by atoms with Crippen LogP contribution >= 0.6 is 0 Å². The van der Waals surface area contributed by atoms with Crippen molar-refractivity contribution in [1.82, 2.24) is 30.6 Å². The zero-order valence-electron chi connectivity index (χ0n) is 23.6. The molecule has 0 atom stereocenters. The predicted octanol–water partition coefficient (Wildman–Crippen LogP) is 6.58. The molecule has 204 valence electrons. The number of nitrogens with one attached hydrogen (secondary N) is 4. The van der Waals surface area contributed by atoms with Gasteiger partial charge in [0.15, 0.2) is 0 Å². The van der Waals surface area contributed by atoms with Gasteiger partial charge in [-0.05, 0) is 49.0 Å². The number of hydrogen-bond donors (Lipinski definition) is 4. The van der Waals surface area contributed by atoms with Crippen LogP contribution in [0.2, 0.25) is 0 Å². The Hall–Kier alpha value is -4.10. The van der Waals surface area contributed by atoms with Gasteiger partial charge in [-0.2, -0.15) is 0 Å². The lowest BCUT2D eigenvalue weighted by atomic mass is 10.00. The zero-order chi connectivity index (χ0) is 28.5. The number of terminal acetylenes is 2. The number of H-pyrrole nitrogens is 2. The molecule has 4 aromatic rings. The third-order valence-corrected chi connectivity index (χ3v) is 6.08. The average Bonchev–Trinajstić information content (AvgIpc) is 3.63. The summed E-state index contributed by atoms with van der Waals surface area (Å²) >= 11 is 0. The van der Waals surface area contributed by atoms with Crippen LogP contribution in [0.1, 0.15) is 57.4 Å². The Balaban J connectivity index is 0.00000127. The maximum atomic E-state index is 4.91. The van der Waals surface area contributed by atoms with E-state index in [1.807, 2.05) is 6.20 Å². The van der Waals surface area contributed by atoms with E-state index in [4.69, 9.17) is 4.98 Å². The molecule has 0 unspecified atom stereocenters. The van der Waals surface area contributed by atoms with Gasteiger partial charge in [0, 0.05) is 11.3 Å². The molecule has 0 saturated heterocycles. The van der Waals surface area contributed by atoms with Crippen LogP contribution in [0.3, 0.4) is 0 Å². The monoisotopic (exact) mass is 522 g/mol. The molecular weight excluding hydrogens is 480 g/mol. The first kappa shape index (κ1) is 31.1. The van der Waals surface area contributed by atoms with Crippen LogP contribution in [0.5, 0.6) is 0 Å². The van der Waals surface area contributed by atoms with Gasteiger partial charge in [-0.25, -0.2) is 9.97 Å². The lowest BCUT2D eigenvalue weighted by molar-refractivity contribution is 0.654. The van der Waals surface area contributed by atoms with E-state index in [0.29, 0.717) is 0 Å². The number of nitrogens with zero attached hydrogens (tertiary/aromatic N) is 2. The Bertz CT molecular complexity index is 1250. The number of imidazole rings is 2. The molecule has 0 aliphatic carbocycles. The Kier molecular flexibility index (Phi) is 13.9. The molecule has 6 nitrogen and oxygen atoms in total. The van der Waals surface area contributed by atoms with Gasteiger partial charge in [-0.15, -0.1) is 25.7 Å². The van der Waals surface area contributed by atoms with Crippen molar-refractivity contribution < 1.29 is 0 Å². The van der Waals surface area contributed by atoms with E-state index in [-0.39, 0.29) is 0 Å². The molecule has 2 heterocycles. The highest BCUT2D eigenvalue weighted by Crippen LogP contribution is 2.28. The molecule has 0 spiro atoms. The van der Waals surface area contributed by atoms with Gasteiger partial charge in [-0.3, -0.25) is 0 Å². The van der Waals surface area contributed by atoms with Gasteiger partial charge < -0.3 is 20.6 Å². The van der Waals surface area contributed by atoms with Crippen LogP contribution in [-0.2, 0) is 19.5 Å². The van der Waals surface area contributed by atoms with Crippen LogP contribution in [0.15, 0.2) is 54.7 Å². The molecule has 0 amide bonds. The average molecular weight is 523 g/mol. The van der Waals surface area contributed by atoms with Crippen LogP contribution in [0, 0.1) is 25.7 Å². The third-order valence-electron chi connectivity index (χ3n) is 6.08. The predicted molar refractivity (Wildman–Crippen MR) is 165 cm³/mol. The Morgan fingerprint density at radius 1 is 0.641 bits per heavy atom. The molecular formula is C33H42N6. The largest absolute Gasteiger partial charge is 0.344 e. The highest BCUT2D eigenvalue weighted by molar-refractivity contribution is 5.72. The topological polar surface area (TPSA) is 81.4 Å². The molecule has 4 N–H and O–H groups in total. The van der Waals surface area contributed by atoms with E-state index >= 15 is 0 Å². The number of aryl methyl sites for hydroxylation is 1. The van der Waals surface area contributed by atoms with Crippen molar-refractivity contribution in [1.29, 1.82) is 0 Å². The summed E-state index contributed by atoms with van der Waals surface area (Å²) in [4.78, 5) is 16.4. The van der Waals surface area contributed by atoms with Crippen molar-refractivity contribution in [2.75, 3.05) is 13.1 Å². The van der Waals surface area contributed by atoms with Gasteiger partial charge in [0.25, 0.3) is 0 Å². The third kappa shape index (κ3) is 9.00. The van der Waals surface area contributed by atoms with Gasteiger partial charge in [-0.1, -0.05) is 75.7 Å². The second kappa shape index (κ2) is 17.4. The second-order valence-electron chi connectivity index (χ2n) is 9.01. The maximum absolute atomic E-state index is 4.91. The molecule has 39 heavy (non-hydrogen) atoms. The minimum atomic E-state index is 0.769. The van der Waals surface area contributed by atoms with E-state index in [1.54, 1.807) is 0 Å². The minimum absolute atomic E-state index is 0.769. The fraction of sp³-hybridized carbons (Fsp3) is 0.333. The first-order valence-electron chi connectivity index (χ1n) is 13.6. The number of benzene rings is 2. The molecule has 4 rings (SSSR count). The van der Waals surface area contributed by atoms with Crippen molar-refractivity contribution in [2.45, 2.75) is 59.5 Å². The summed E-state index contributed by atoms with van der Waals surface area (Å²) in [6.07, 6.45) is 22.3. The number of rotatable bonds is 13. The molecule has 0 aliphatic rings. The summed E-state index contributed by atoms with van der Waals surface area (Å²) in [6.45, 7) is 10.1. The number of hydrogen-bond acceptors (Lipinski definition) is 4. The number of aromatic nitrogens is 4. The minimum Gasteiger partial charge on any atom is -0.344 e. The van der Waals surface area contributed by atoms with Crippen molar-refractivity contribution in [3.8, 4) is 59.3 Å². The summed E-state index contributed by atoms with van der Waals surface area (Å²) < 4.78 is 0. The first-order valence-corrected chi connectivity index (χ1v) is 13.6. The zero-order valence-corrected chi connectivity index (χ0v) is 23.6. The standard InChI is InChI=1S/C29H38N6.2C2H2/c1-4-7-25-29(35-28(33-25)20-31-17-6-3)24-14-10-22(11-15-24)21-8-12-23(13-9-21)26-18-32-27(34-26)19-30-16-5-2;2*1-2/h8-15,18,30-31H,4-7,16-17,19-20H2,1-3H3,(H,32,34)(H,33,35);2*1-2H. The fourth-order valence-electron chi connectivity index (χ4n) is 4.25.